The van der Waals surface area contributed by atoms with Gasteiger partial charge in [0.2, 0.25) is 0 Å². The molecule has 9 heteroatoms. The molecule has 0 spiro atoms. The van der Waals surface area contributed by atoms with Gasteiger partial charge in [-0.05, 0) is 60.7 Å². The number of hydrogen-bond acceptors (Lipinski definition) is 6. The number of aromatic nitrogens is 2. The largest absolute Gasteiger partial charge is 0.497 e. The highest BCUT2D eigenvalue weighted by Crippen LogP contribution is 2.23. The average Bonchev–Trinajstić information content (AvgIpc) is 3.32. The highest BCUT2D eigenvalue weighted by Gasteiger charge is 2.28. The fourth-order valence-electron chi connectivity index (χ4n) is 3.49. The summed E-state index contributed by atoms with van der Waals surface area (Å²) in [5, 5.41) is 13.4. The molecule has 1 N–H and O–H groups in total. The van der Waals surface area contributed by atoms with Crippen LogP contribution in [-0.2, 0) is 29.7 Å². The first-order valence-electron chi connectivity index (χ1n) is 10.9. The van der Waals surface area contributed by atoms with Crippen molar-refractivity contribution in [2.24, 2.45) is 0 Å². The van der Waals surface area contributed by atoms with Crippen molar-refractivity contribution in [3.05, 3.63) is 71.9 Å². The molecule has 0 saturated heterocycles. The van der Waals surface area contributed by atoms with Crippen molar-refractivity contribution >= 4 is 10.0 Å². The van der Waals surface area contributed by atoms with Crippen LogP contribution in [0.5, 0.6) is 11.5 Å². The van der Waals surface area contributed by atoms with E-state index >= 15 is 0 Å². The minimum atomic E-state index is -3.84. The lowest BCUT2D eigenvalue weighted by Gasteiger charge is -2.23. The quantitative estimate of drug-likeness (QED) is 0.382. The van der Waals surface area contributed by atoms with Gasteiger partial charge < -0.3 is 14.6 Å². The fraction of sp³-hybridized carbons (Fsp3) is 0.375. The summed E-state index contributed by atoms with van der Waals surface area (Å²) < 4.78 is 40.9. The zero-order valence-electron chi connectivity index (χ0n) is 19.1. The van der Waals surface area contributed by atoms with Crippen LogP contribution in [0.3, 0.4) is 0 Å². The first kappa shape index (κ1) is 24.8. The summed E-state index contributed by atoms with van der Waals surface area (Å²) in [6.45, 7) is 1.00. The molecule has 0 saturated carbocycles. The Labute approximate surface area is 195 Å². The number of rotatable bonds is 13. The molecule has 1 aromatic heterocycles. The molecule has 0 bridgehead atoms. The second-order valence-electron chi connectivity index (χ2n) is 7.65. The Balaban J connectivity index is 1.88. The first-order valence-corrected chi connectivity index (χ1v) is 12.3. The summed E-state index contributed by atoms with van der Waals surface area (Å²) in [6, 6.07) is 16.3. The molecule has 8 nitrogen and oxygen atoms in total. The van der Waals surface area contributed by atoms with E-state index in [2.05, 4.69) is 5.10 Å². The van der Waals surface area contributed by atoms with Crippen molar-refractivity contribution < 1.29 is 23.0 Å². The summed E-state index contributed by atoms with van der Waals surface area (Å²) >= 11 is 0. The molecule has 3 rings (SSSR count). The van der Waals surface area contributed by atoms with E-state index in [0.717, 1.165) is 24.0 Å². The number of aryl methyl sites for hydroxylation is 1. The number of methoxy groups -OCH3 is 2. The predicted molar refractivity (Wildman–Crippen MR) is 126 cm³/mol. The molecule has 1 heterocycles. The van der Waals surface area contributed by atoms with Gasteiger partial charge in [0.25, 0.3) is 10.0 Å². The maximum absolute atomic E-state index is 13.7. The van der Waals surface area contributed by atoms with Crippen molar-refractivity contribution in [3.63, 3.8) is 0 Å². The molecule has 0 aliphatic rings. The van der Waals surface area contributed by atoms with Crippen LogP contribution in [0.2, 0.25) is 0 Å². The average molecular weight is 474 g/mol. The van der Waals surface area contributed by atoms with E-state index in [1.165, 1.54) is 21.3 Å². The van der Waals surface area contributed by atoms with Crippen molar-refractivity contribution in [2.45, 2.75) is 43.9 Å². The molecular weight excluding hydrogens is 442 g/mol. The third-order valence-corrected chi connectivity index (χ3v) is 7.16. The van der Waals surface area contributed by atoms with Crippen LogP contribution in [0, 0.1) is 0 Å². The lowest BCUT2D eigenvalue weighted by atomic mass is 10.2. The molecule has 178 valence electrons. The van der Waals surface area contributed by atoms with Gasteiger partial charge in [0.1, 0.15) is 11.5 Å². The lowest BCUT2D eigenvalue weighted by Crippen LogP contribution is -2.32. The summed E-state index contributed by atoms with van der Waals surface area (Å²) in [5.41, 5.74) is 1.70. The smallest absolute Gasteiger partial charge is 0.260 e. The Bertz CT molecular complexity index is 1050. The second kappa shape index (κ2) is 11.8. The van der Waals surface area contributed by atoms with Crippen LogP contribution in [0.1, 0.15) is 30.4 Å². The Kier molecular flexibility index (Phi) is 8.87. The molecule has 3 aromatic rings. The number of sulfonamides is 1. The number of benzene rings is 2. The number of aliphatic hydroxyl groups is 1. The van der Waals surface area contributed by atoms with Gasteiger partial charge in [-0.3, -0.25) is 4.68 Å². The van der Waals surface area contributed by atoms with E-state index in [0.29, 0.717) is 24.5 Å². The van der Waals surface area contributed by atoms with Crippen molar-refractivity contribution in [1.82, 2.24) is 14.1 Å². The summed E-state index contributed by atoms with van der Waals surface area (Å²) in [4.78, 5) is 0. The summed E-state index contributed by atoms with van der Waals surface area (Å²) in [7, 11) is -0.648. The normalized spacial score (nSPS) is 11.6. The molecule has 0 atom stereocenters. The Morgan fingerprint density at radius 2 is 1.39 bits per heavy atom. The number of hydrogen-bond donors (Lipinski definition) is 1. The topological polar surface area (TPSA) is 93.9 Å². The molecule has 0 aliphatic carbocycles. The molecule has 2 aromatic carbocycles. The molecule has 0 aliphatic heterocycles. The third-order valence-electron chi connectivity index (χ3n) is 5.35. The third kappa shape index (κ3) is 6.56. The molecular formula is C24H31N3O5S. The maximum atomic E-state index is 13.7. The second-order valence-corrected chi connectivity index (χ2v) is 9.53. The number of nitrogens with zero attached hydrogens (tertiary/aromatic N) is 3. The van der Waals surface area contributed by atoms with Crippen molar-refractivity contribution in [2.75, 3.05) is 20.8 Å². The van der Waals surface area contributed by atoms with E-state index < -0.39 is 10.0 Å². The van der Waals surface area contributed by atoms with E-state index in [-0.39, 0.29) is 24.7 Å². The first-order chi connectivity index (χ1) is 16.0. The van der Waals surface area contributed by atoms with Gasteiger partial charge in [-0.1, -0.05) is 24.3 Å². The monoisotopic (exact) mass is 473 g/mol. The number of ether oxygens (including phenoxy) is 2. The Hall–Kier alpha value is -2.88. The van der Waals surface area contributed by atoms with Gasteiger partial charge in [-0.2, -0.15) is 9.40 Å². The summed E-state index contributed by atoms with van der Waals surface area (Å²) in [5.74, 6) is 1.42. The van der Waals surface area contributed by atoms with Crippen LogP contribution in [0.4, 0.5) is 0 Å². The highest BCUT2D eigenvalue weighted by atomic mass is 32.2. The lowest BCUT2D eigenvalue weighted by molar-refractivity contribution is 0.281. The predicted octanol–water partition coefficient (Wildman–Crippen LogP) is 3.45. The zero-order chi connectivity index (χ0) is 23.7. The van der Waals surface area contributed by atoms with Gasteiger partial charge in [0.05, 0.1) is 20.4 Å². The fourth-order valence-corrected chi connectivity index (χ4v) is 5.03. The minimum absolute atomic E-state index is 0.127. The highest BCUT2D eigenvalue weighted by molar-refractivity contribution is 7.89. The van der Waals surface area contributed by atoms with Gasteiger partial charge in [0.15, 0.2) is 5.03 Å². The zero-order valence-corrected chi connectivity index (χ0v) is 19.9. The van der Waals surface area contributed by atoms with Crippen LogP contribution < -0.4 is 9.47 Å². The van der Waals surface area contributed by atoms with Gasteiger partial charge in [-0.15, -0.1) is 0 Å². The summed E-state index contributed by atoms with van der Waals surface area (Å²) in [6.07, 6.45) is 3.74. The van der Waals surface area contributed by atoms with Gasteiger partial charge in [-0.25, -0.2) is 8.42 Å². The Morgan fingerprint density at radius 3 is 1.88 bits per heavy atom. The van der Waals surface area contributed by atoms with Crippen LogP contribution in [0.15, 0.2) is 65.8 Å². The van der Waals surface area contributed by atoms with E-state index in [1.807, 2.05) is 48.5 Å². The van der Waals surface area contributed by atoms with Crippen LogP contribution in [-0.4, -0.2) is 48.4 Å². The molecule has 0 fully saturated rings. The standard InChI is InChI=1S/C24H31N3O5S/c1-31-22-10-6-20(7-11-22)18-26(19-21-8-12-23(32-2)13-9-21)33(29,30)24-14-15-25-27(24)16-4-3-5-17-28/h6-15,28H,3-5,16-19H2,1-2H3. The minimum Gasteiger partial charge on any atom is -0.497 e. The molecule has 33 heavy (non-hydrogen) atoms. The van der Waals surface area contributed by atoms with E-state index in [1.54, 1.807) is 14.2 Å². The number of aliphatic hydroxyl groups excluding tert-OH is 1. The van der Waals surface area contributed by atoms with Gasteiger partial charge in [0, 0.05) is 26.2 Å². The van der Waals surface area contributed by atoms with E-state index in [4.69, 9.17) is 14.6 Å². The number of unbranched alkanes of at least 4 members (excludes halogenated alkanes) is 2. The SMILES string of the molecule is COc1ccc(CN(Cc2ccc(OC)cc2)S(=O)(=O)c2ccnn2CCCCCO)cc1. The van der Waals surface area contributed by atoms with Crippen LogP contribution >= 0.6 is 0 Å². The molecule has 0 radical (unpaired) electrons. The van der Waals surface area contributed by atoms with E-state index in [9.17, 15) is 8.42 Å². The maximum Gasteiger partial charge on any atom is 0.260 e. The van der Waals surface area contributed by atoms with Crippen molar-refractivity contribution in [1.29, 1.82) is 0 Å². The molecule has 0 amide bonds. The van der Waals surface area contributed by atoms with Crippen molar-refractivity contribution in [3.8, 4) is 11.5 Å². The van der Waals surface area contributed by atoms with Crippen LogP contribution in [0.25, 0.3) is 0 Å². The molecule has 0 unspecified atom stereocenters. The van der Waals surface area contributed by atoms with Gasteiger partial charge >= 0.3 is 0 Å². The Morgan fingerprint density at radius 1 is 0.848 bits per heavy atom.